The normalized spacial score (nSPS) is 15.4. The zero-order valence-electron chi connectivity index (χ0n) is 12.1. The number of anilines is 1. The van der Waals surface area contributed by atoms with Gasteiger partial charge in [0.25, 0.3) is 5.91 Å². The SMILES string of the molecule is COc1cc[nH]c1/C=C1\C(=O)Nc2cccc(C=CCO)c21. The van der Waals surface area contributed by atoms with Gasteiger partial charge in [-0.15, -0.1) is 0 Å². The number of H-pyrrole nitrogens is 1. The Hall–Kier alpha value is -2.79. The number of rotatable bonds is 4. The van der Waals surface area contributed by atoms with E-state index in [2.05, 4.69) is 10.3 Å². The van der Waals surface area contributed by atoms with Gasteiger partial charge in [-0.05, 0) is 23.8 Å². The van der Waals surface area contributed by atoms with Crippen molar-refractivity contribution in [3.63, 3.8) is 0 Å². The minimum absolute atomic E-state index is 0.0471. The quantitative estimate of drug-likeness (QED) is 0.759. The van der Waals surface area contributed by atoms with Crippen LogP contribution in [0.3, 0.4) is 0 Å². The highest BCUT2D eigenvalue weighted by atomic mass is 16.5. The molecule has 0 aliphatic carbocycles. The molecular weight excluding hydrogens is 280 g/mol. The van der Waals surface area contributed by atoms with Crippen molar-refractivity contribution in [2.75, 3.05) is 19.0 Å². The van der Waals surface area contributed by atoms with E-state index in [1.807, 2.05) is 18.2 Å². The van der Waals surface area contributed by atoms with Gasteiger partial charge in [0.1, 0.15) is 5.75 Å². The molecule has 0 atom stereocenters. The summed E-state index contributed by atoms with van der Waals surface area (Å²) in [5, 5.41) is 11.8. The van der Waals surface area contributed by atoms with Gasteiger partial charge < -0.3 is 20.1 Å². The second-order valence-electron chi connectivity index (χ2n) is 4.83. The van der Waals surface area contributed by atoms with Crippen LogP contribution in [-0.2, 0) is 4.79 Å². The fraction of sp³-hybridized carbons (Fsp3) is 0.118. The predicted molar refractivity (Wildman–Crippen MR) is 86.4 cm³/mol. The Morgan fingerprint density at radius 3 is 2.95 bits per heavy atom. The molecule has 1 amide bonds. The van der Waals surface area contributed by atoms with Gasteiger partial charge in [-0.3, -0.25) is 4.79 Å². The molecule has 22 heavy (non-hydrogen) atoms. The fourth-order valence-corrected chi connectivity index (χ4v) is 2.54. The first kappa shape index (κ1) is 14.2. The van der Waals surface area contributed by atoms with Crippen LogP contribution in [0.5, 0.6) is 5.75 Å². The van der Waals surface area contributed by atoms with Crippen molar-refractivity contribution >= 4 is 29.3 Å². The molecule has 1 aromatic heterocycles. The van der Waals surface area contributed by atoms with Crippen LogP contribution < -0.4 is 10.1 Å². The molecule has 0 fully saturated rings. The molecular formula is C17H16N2O3. The van der Waals surface area contributed by atoms with Gasteiger partial charge in [-0.2, -0.15) is 0 Å². The zero-order valence-corrected chi connectivity index (χ0v) is 12.1. The van der Waals surface area contributed by atoms with E-state index in [1.54, 1.807) is 37.6 Å². The third-order valence-corrected chi connectivity index (χ3v) is 3.51. The number of hydrogen-bond donors (Lipinski definition) is 3. The number of aromatic amines is 1. The Labute approximate surface area is 127 Å². The highest BCUT2D eigenvalue weighted by Crippen LogP contribution is 2.37. The van der Waals surface area contributed by atoms with Crippen LogP contribution in [0, 0.1) is 0 Å². The molecule has 0 bridgehead atoms. The first-order valence-electron chi connectivity index (χ1n) is 6.90. The first-order chi connectivity index (χ1) is 10.7. The van der Waals surface area contributed by atoms with Crippen molar-refractivity contribution in [3.8, 4) is 5.75 Å². The second kappa shape index (κ2) is 5.91. The molecule has 5 heteroatoms. The summed E-state index contributed by atoms with van der Waals surface area (Å²) in [5.74, 6) is 0.522. The molecule has 112 valence electrons. The van der Waals surface area contributed by atoms with E-state index < -0.39 is 0 Å². The van der Waals surface area contributed by atoms with Gasteiger partial charge in [-0.25, -0.2) is 0 Å². The number of methoxy groups -OCH3 is 1. The maximum absolute atomic E-state index is 12.3. The fourth-order valence-electron chi connectivity index (χ4n) is 2.54. The monoisotopic (exact) mass is 296 g/mol. The van der Waals surface area contributed by atoms with Crippen LogP contribution in [0.1, 0.15) is 16.8 Å². The van der Waals surface area contributed by atoms with Crippen molar-refractivity contribution in [2.45, 2.75) is 0 Å². The standard InChI is InChI=1S/C17H16N2O3/c1-22-15-7-8-18-14(15)10-12-16-11(5-3-9-20)4-2-6-13(16)19-17(12)21/h2-8,10,18,20H,9H2,1H3,(H,19,21)/b5-3?,12-10-. The predicted octanol–water partition coefficient (Wildman–Crippen LogP) is 2.52. The van der Waals surface area contributed by atoms with Crippen molar-refractivity contribution in [3.05, 3.63) is 53.4 Å². The van der Waals surface area contributed by atoms with E-state index in [9.17, 15) is 4.79 Å². The molecule has 3 N–H and O–H groups in total. The molecule has 1 aliphatic rings. The summed E-state index contributed by atoms with van der Waals surface area (Å²) in [7, 11) is 1.59. The summed E-state index contributed by atoms with van der Waals surface area (Å²) >= 11 is 0. The van der Waals surface area contributed by atoms with Crippen LogP contribution in [0.2, 0.25) is 0 Å². The first-order valence-corrected chi connectivity index (χ1v) is 6.90. The Morgan fingerprint density at radius 1 is 1.32 bits per heavy atom. The summed E-state index contributed by atoms with van der Waals surface area (Å²) in [6.45, 7) is -0.0471. The summed E-state index contributed by atoms with van der Waals surface area (Å²) in [6.07, 6.45) is 6.98. The number of amides is 1. The molecule has 1 aliphatic heterocycles. The number of nitrogens with one attached hydrogen (secondary N) is 2. The number of aromatic nitrogens is 1. The van der Waals surface area contributed by atoms with E-state index in [1.165, 1.54) is 0 Å². The number of aliphatic hydroxyl groups excluding tert-OH is 1. The van der Waals surface area contributed by atoms with Gasteiger partial charge in [0.05, 0.1) is 25.0 Å². The zero-order chi connectivity index (χ0) is 15.5. The van der Waals surface area contributed by atoms with Gasteiger partial charge in [0, 0.05) is 17.4 Å². The molecule has 1 aromatic carbocycles. The smallest absolute Gasteiger partial charge is 0.256 e. The third-order valence-electron chi connectivity index (χ3n) is 3.51. The van der Waals surface area contributed by atoms with Gasteiger partial charge in [0.15, 0.2) is 0 Å². The van der Waals surface area contributed by atoms with Crippen LogP contribution in [0.15, 0.2) is 36.5 Å². The van der Waals surface area contributed by atoms with Crippen LogP contribution in [-0.4, -0.2) is 29.7 Å². The van der Waals surface area contributed by atoms with E-state index in [-0.39, 0.29) is 12.5 Å². The summed E-state index contributed by atoms with van der Waals surface area (Å²) < 4.78 is 5.26. The Kier molecular flexibility index (Phi) is 3.80. The highest BCUT2D eigenvalue weighted by Gasteiger charge is 2.26. The molecule has 2 aromatic rings. The largest absolute Gasteiger partial charge is 0.495 e. The van der Waals surface area contributed by atoms with Crippen molar-refractivity contribution in [1.82, 2.24) is 4.98 Å². The van der Waals surface area contributed by atoms with Gasteiger partial charge in [-0.1, -0.05) is 24.3 Å². The highest BCUT2D eigenvalue weighted by molar-refractivity contribution is 6.35. The minimum Gasteiger partial charge on any atom is -0.495 e. The maximum Gasteiger partial charge on any atom is 0.256 e. The molecule has 2 heterocycles. The van der Waals surface area contributed by atoms with E-state index >= 15 is 0 Å². The number of benzene rings is 1. The molecule has 0 radical (unpaired) electrons. The maximum atomic E-state index is 12.3. The van der Waals surface area contributed by atoms with Crippen LogP contribution in [0.25, 0.3) is 17.7 Å². The average Bonchev–Trinajstić information content (AvgIpc) is 3.10. The number of carbonyl (C=O) groups excluding carboxylic acids is 1. The van der Waals surface area contributed by atoms with Crippen molar-refractivity contribution in [2.24, 2.45) is 0 Å². The summed E-state index contributed by atoms with van der Waals surface area (Å²) in [5.41, 5.74) is 3.77. The van der Waals surface area contributed by atoms with Crippen molar-refractivity contribution in [1.29, 1.82) is 0 Å². The number of carbonyl (C=O) groups is 1. The molecule has 5 nitrogen and oxygen atoms in total. The lowest BCUT2D eigenvalue weighted by Crippen LogP contribution is -2.03. The molecule has 0 saturated carbocycles. The van der Waals surface area contributed by atoms with E-state index in [0.717, 1.165) is 22.5 Å². The van der Waals surface area contributed by atoms with E-state index in [0.29, 0.717) is 11.3 Å². The number of aliphatic hydroxyl groups is 1. The van der Waals surface area contributed by atoms with Crippen LogP contribution in [0.4, 0.5) is 5.69 Å². The molecule has 0 saturated heterocycles. The Balaban J connectivity index is 2.13. The van der Waals surface area contributed by atoms with Crippen LogP contribution >= 0.6 is 0 Å². The lowest BCUT2D eigenvalue weighted by Gasteiger charge is -2.04. The Morgan fingerprint density at radius 2 is 2.18 bits per heavy atom. The second-order valence-corrected chi connectivity index (χ2v) is 4.83. The lowest BCUT2D eigenvalue weighted by atomic mass is 9.99. The number of ether oxygens (including phenoxy) is 1. The topological polar surface area (TPSA) is 74.4 Å². The van der Waals surface area contributed by atoms with Crippen molar-refractivity contribution < 1.29 is 14.6 Å². The summed E-state index contributed by atoms with van der Waals surface area (Å²) in [6, 6.07) is 7.44. The molecule has 3 rings (SSSR count). The van der Waals surface area contributed by atoms with Gasteiger partial charge in [0.2, 0.25) is 0 Å². The van der Waals surface area contributed by atoms with Gasteiger partial charge >= 0.3 is 0 Å². The number of fused-ring (bicyclic) bond motifs is 1. The minimum atomic E-state index is -0.156. The van der Waals surface area contributed by atoms with E-state index in [4.69, 9.17) is 9.84 Å². The lowest BCUT2D eigenvalue weighted by molar-refractivity contribution is -0.110. The average molecular weight is 296 g/mol. The third kappa shape index (κ3) is 2.42. The molecule has 0 spiro atoms. The number of hydrogen-bond acceptors (Lipinski definition) is 3. The summed E-state index contributed by atoms with van der Waals surface area (Å²) in [4.78, 5) is 15.3. The Bertz CT molecular complexity index is 772. The molecule has 0 unspecified atom stereocenters.